The SMILES string of the molecule is NCC1CCCCCN1C(=O)c1ccc(F)cc1O. The Balaban J connectivity index is 2.25. The van der Waals surface area contributed by atoms with Crippen LogP contribution in [0.25, 0.3) is 0 Å². The van der Waals surface area contributed by atoms with Crippen molar-refractivity contribution in [2.45, 2.75) is 31.7 Å². The average molecular weight is 266 g/mol. The summed E-state index contributed by atoms with van der Waals surface area (Å²) in [6.07, 6.45) is 3.95. The molecule has 4 nitrogen and oxygen atoms in total. The topological polar surface area (TPSA) is 66.6 Å². The third-order valence-electron chi connectivity index (χ3n) is 3.60. The average Bonchev–Trinajstić information content (AvgIpc) is 2.63. The van der Waals surface area contributed by atoms with Crippen molar-refractivity contribution in [1.82, 2.24) is 4.90 Å². The van der Waals surface area contributed by atoms with Crippen molar-refractivity contribution in [3.63, 3.8) is 0 Å². The van der Waals surface area contributed by atoms with E-state index in [1.54, 1.807) is 4.90 Å². The highest BCUT2D eigenvalue weighted by molar-refractivity contribution is 5.97. The molecule has 1 amide bonds. The zero-order valence-electron chi connectivity index (χ0n) is 10.8. The van der Waals surface area contributed by atoms with Gasteiger partial charge in [0.05, 0.1) is 5.56 Å². The van der Waals surface area contributed by atoms with Crippen molar-refractivity contribution in [1.29, 1.82) is 0 Å². The number of rotatable bonds is 2. The van der Waals surface area contributed by atoms with Crippen LogP contribution in [0.15, 0.2) is 18.2 Å². The van der Waals surface area contributed by atoms with Gasteiger partial charge >= 0.3 is 0 Å². The Kier molecular flexibility index (Phi) is 4.37. The van der Waals surface area contributed by atoms with Crippen LogP contribution in [0.4, 0.5) is 4.39 Å². The summed E-state index contributed by atoms with van der Waals surface area (Å²) >= 11 is 0. The number of carbonyl (C=O) groups is 1. The fourth-order valence-corrected chi connectivity index (χ4v) is 2.53. The Morgan fingerprint density at radius 1 is 1.42 bits per heavy atom. The fraction of sp³-hybridized carbons (Fsp3) is 0.500. The molecule has 1 unspecified atom stereocenters. The van der Waals surface area contributed by atoms with Crippen molar-refractivity contribution in [2.75, 3.05) is 13.1 Å². The predicted molar refractivity (Wildman–Crippen MR) is 70.4 cm³/mol. The number of halogens is 1. The van der Waals surface area contributed by atoms with Gasteiger partial charge in [-0.3, -0.25) is 4.79 Å². The summed E-state index contributed by atoms with van der Waals surface area (Å²) in [7, 11) is 0. The number of likely N-dealkylation sites (tertiary alicyclic amines) is 1. The van der Waals surface area contributed by atoms with Gasteiger partial charge < -0.3 is 15.7 Å². The molecule has 1 aromatic rings. The molecule has 1 aromatic carbocycles. The number of nitrogens with zero attached hydrogens (tertiary/aromatic N) is 1. The van der Waals surface area contributed by atoms with Gasteiger partial charge in [-0.1, -0.05) is 12.8 Å². The Hall–Kier alpha value is -1.62. The van der Waals surface area contributed by atoms with Gasteiger partial charge in [-0.05, 0) is 25.0 Å². The molecule has 3 N–H and O–H groups in total. The van der Waals surface area contributed by atoms with Crippen LogP contribution < -0.4 is 5.73 Å². The predicted octanol–water partition coefficient (Wildman–Crippen LogP) is 1.87. The van der Waals surface area contributed by atoms with Crippen molar-refractivity contribution in [3.05, 3.63) is 29.6 Å². The normalized spacial score (nSPS) is 20.1. The second kappa shape index (κ2) is 6.02. The van der Waals surface area contributed by atoms with Crippen LogP contribution >= 0.6 is 0 Å². The molecule has 5 heteroatoms. The number of phenolic OH excluding ortho intramolecular Hbond substituents is 1. The molecular weight excluding hydrogens is 247 g/mol. The summed E-state index contributed by atoms with van der Waals surface area (Å²) in [5.74, 6) is -1.14. The van der Waals surface area contributed by atoms with Crippen molar-refractivity contribution in [3.8, 4) is 5.75 Å². The molecule has 1 atom stereocenters. The molecule has 0 saturated carbocycles. The lowest BCUT2D eigenvalue weighted by molar-refractivity contribution is 0.0686. The van der Waals surface area contributed by atoms with Gasteiger partial charge in [0, 0.05) is 25.2 Å². The molecule has 1 aliphatic heterocycles. The Bertz CT molecular complexity index is 465. The van der Waals surface area contributed by atoms with Crippen LogP contribution in [-0.2, 0) is 0 Å². The number of hydrogen-bond donors (Lipinski definition) is 2. The number of aromatic hydroxyl groups is 1. The fourth-order valence-electron chi connectivity index (χ4n) is 2.53. The molecule has 0 bridgehead atoms. The van der Waals surface area contributed by atoms with E-state index in [0.717, 1.165) is 31.7 Å². The molecule has 0 aliphatic carbocycles. The summed E-state index contributed by atoms with van der Waals surface area (Å²) in [6.45, 7) is 1.05. The first-order valence-electron chi connectivity index (χ1n) is 6.63. The first-order valence-corrected chi connectivity index (χ1v) is 6.63. The molecule has 19 heavy (non-hydrogen) atoms. The van der Waals surface area contributed by atoms with Crippen LogP contribution in [0.1, 0.15) is 36.0 Å². The Morgan fingerprint density at radius 3 is 2.89 bits per heavy atom. The van der Waals surface area contributed by atoms with Crippen LogP contribution in [0, 0.1) is 5.82 Å². The third kappa shape index (κ3) is 3.04. The smallest absolute Gasteiger partial charge is 0.257 e. The summed E-state index contributed by atoms with van der Waals surface area (Å²) in [4.78, 5) is 14.2. The molecule has 1 fully saturated rings. The third-order valence-corrected chi connectivity index (χ3v) is 3.60. The van der Waals surface area contributed by atoms with Gasteiger partial charge in [0.25, 0.3) is 5.91 Å². The minimum atomic E-state index is -0.555. The summed E-state index contributed by atoms with van der Waals surface area (Å²) in [6, 6.07) is 3.47. The van der Waals surface area contributed by atoms with Crippen molar-refractivity contribution < 1.29 is 14.3 Å². The van der Waals surface area contributed by atoms with Gasteiger partial charge in [0.2, 0.25) is 0 Å². The minimum Gasteiger partial charge on any atom is -0.507 e. The second-order valence-electron chi connectivity index (χ2n) is 4.90. The largest absolute Gasteiger partial charge is 0.507 e. The van der Waals surface area contributed by atoms with E-state index in [0.29, 0.717) is 13.1 Å². The van der Waals surface area contributed by atoms with Crippen molar-refractivity contribution in [2.24, 2.45) is 5.73 Å². The molecule has 0 radical (unpaired) electrons. The maximum Gasteiger partial charge on any atom is 0.257 e. The van der Waals surface area contributed by atoms with Gasteiger partial charge in [0.15, 0.2) is 0 Å². The van der Waals surface area contributed by atoms with E-state index in [-0.39, 0.29) is 23.3 Å². The van der Waals surface area contributed by atoms with Crippen LogP contribution in [-0.4, -0.2) is 35.0 Å². The molecule has 1 saturated heterocycles. The Labute approximate surface area is 112 Å². The number of nitrogens with two attached hydrogens (primary N) is 1. The molecule has 2 rings (SSSR count). The maximum absolute atomic E-state index is 13.0. The summed E-state index contributed by atoms with van der Waals surface area (Å²) in [5, 5.41) is 9.70. The van der Waals surface area contributed by atoms with E-state index in [9.17, 15) is 14.3 Å². The monoisotopic (exact) mass is 266 g/mol. The highest BCUT2D eigenvalue weighted by Crippen LogP contribution is 2.24. The summed E-state index contributed by atoms with van der Waals surface area (Å²) < 4.78 is 13.0. The van der Waals surface area contributed by atoms with Crippen LogP contribution in [0.5, 0.6) is 5.75 Å². The van der Waals surface area contributed by atoms with E-state index in [1.807, 2.05) is 0 Å². The van der Waals surface area contributed by atoms with Gasteiger partial charge in [-0.25, -0.2) is 4.39 Å². The maximum atomic E-state index is 13.0. The number of carbonyl (C=O) groups excluding carboxylic acids is 1. The highest BCUT2D eigenvalue weighted by atomic mass is 19.1. The minimum absolute atomic E-state index is 0.000506. The molecule has 104 valence electrons. The number of hydrogen-bond acceptors (Lipinski definition) is 3. The van der Waals surface area contributed by atoms with E-state index < -0.39 is 5.82 Å². The zero-order valence-corrected chi connectivity index (χ0v) is 10.8. The quantitative estimate of drug-likeness (QED) is 0.858. The van der Waals surface area contributed by atoms with Gasteiger partial charge in [-0.15, -0.1) is 0 Å². The lowest BCUT2D eigenvalue weighted by atomic mass is 10.1. The first kappa shape index (κ1) is 13.8. The van der Waals surface area contributed by atoms with E-state index in [4.69, 9.17) is 5.73 Å². The lowest BCUT2D eigenvalue weighted by Gasteiger charge is -2.29. The van der Waals surface area contributed by atoms with E-state index in [2.05, 4.69) is 0 Å². The number of benzene rings is 1. The number of amides is 1. The second-order valence-corrected chi connectivity index (χ2v) is 4.90. The van der Waals surface area contributed by atoms with Crippen LogP contribution in [0.3, 0.4) is 0 Å². The van der Waals surface area contributed by atoms with Gasteiger partial charge in [-0.2, -0.15) is 0 Å². The standard InChI is InChI=1S/C14H19FN2O2/c15-10-5-6-12(13(18)8-10)14(19)17-7-3-1-2-4-11(17)9-16/h5-6,8,11,18H,1-4,7,9,16H2. The van der Waals surface area contributed by atoms with Gasteiger partial charge in [0.1, 0.15) is 11.6 Å². The molecule has 1 heterocycles. The molecular formula is C14H19FN2O2. The summed E-state index contributed by atoms with van der Waals surface area (Å²) in [5.41, 5.74) is 5.87. The molecule has 0 spiro atoms. The highest BCUT2D eigenvalue weighted by Gasteiger charge is 2.26. The van der Waals surface area contributed by atoms with E-state index in [1.165, 1.54) is 12.1 Å². The Morgan fingerprint density at radius 2 is 2.21 bits per heavy atom. The number of phenols is 1. The first-order chi connectivity index (χ1) is 9.13. The zero-order chi connectivity index (χ0) is 13.8. The van der Waals surface area contributed by atoms with Crippen molar-refractivity contribution >= 4 is 5.91 Å². The lowest BCUT2D eigenvalue weighted by Crippen LogP contribution is -2.44. The molecule has 0 aromatic heterocycles. The van der Waals surface area contributed by atoms with Crippen LogP contribution in [0.2, 0.25) is 0 Å². The molecule has 1 aliphatic rings. The van der Waals surface area contributed by atoms with E-state index >= 15 is 0 Å².